The Morgan fingerprint density at radius 1 is 1.00 bits per heavy atom. The molecule has 2 saturated heterocycles. The maximum absolute atomic E-state index is 6.55. The minimum absolute atomic E-state index is 0.479. The Kier molecular flexibility index (Phi) is 5.78. The average molecular weight is 439 g/mol. The molecule has 2 fully saturated rings. The SMILES string of the molecule is Cc1[nH]cnc1C1CCN(c2nc(N3CCOCC3)ncc2-c2ccccc2Cl)CC1. The molecule has 0 radical (unpaired) electrons. The monoisotopic (exact) mass is 438 g/mol. The first kappa shape index (κ1) is 20.3. The molecule has 8 heteroatoms. The van der Waals surface area contributed by atoms with Crippen LogP contribution in [0.3, 0.4) is 0 Å². The van der Waals surface area contributed by atoms with E-state index in [2.05, 4.69) is 26.7 Å². The van der Waals surface area contributed by atoms with Crippen molar-refractivity contribution in [3.05, 3.63) is 53.2 Å². The van der Waals surface area contributed by atoms with E-state index < -0.39 is 0 Å². The molecule has 5 rings (SSSR count). The summed E-state index contributed by atoms with van der Waals surface area (Å²) in [6.07, 6.45) is 5.82. The number of nitrogens with one attached hydrogen (secondary N) is 1. The van der Waals surface area contributed by atoms with E-state index in [1.54, 1.807) is 6.33 Å². The van der Waals surface area contributed by atoms with Gasteiger partial charge < -0.3 is 19.5 Å². The summed E-state index contributed by atoms with van der Waals surface area (Å²) in [6, 6.07) is 7.92. The Balaban J connectivity index is 1.46. The van der Waals surface area contributed by atoms with Crippen LogP contribution in [0.5, 0.6) is 0 Å². The van der Waals surface area contributed by atoms with Crippen LogP contribution in [0.4, 0.5) is 11.8 Å². The molecule has 2 aliphatic rings. The molecular formula is C23H27ClN6O. The van der Waals surface area contributed by atoms with E-state index in [1.165, 1.54) is 11.4 Å². The van der Waals surface area contributed by atoms with Crippen LogP contribution in [0.15, 0.2) is 36.8 Å². The number of ether oxygens (including phenoxy) is 1. The number of imidazole rings is 1. The minimum atomic E-state index is 0.479. The van der Waals surface area contributed by atoms with Gasteiger partial charge in [-0.1, -0.05) is 29.8 Å². The second-order valence-electron chi connectivity index (χ2n) is 8.16. The lowest BCUT2D eigenvalue weighted by atomic mass is 9.92. The zero-order chi connectivity index (χ0) is 21.2. The molecule has 0 unspecified atom stereocenters. The van der Waals surface area contributed by atoms with Crippen LogP contribution in [0.2, 0.25) is 5.02 Å². The van der Waals surface area contributed by atoms with Crippen LogP contribution in [-0.4, -0.2) is 59.3 Å². The molecule has 4 heterocycles. The number of aryl methyl sites for hydroxylation is 1. The number of anilines is 2. The van der Waals surface area contributed by atoms with Crippen molar-refractivity contribution < 1.29 is 4.74 Å². The van der Waals surface area contributed by atoms with Crippen LogP contribution in [0, 0.1) is 6.92 Å². The number of aromatic nitrogens is 4. The first-order valence-corrected chi connectivity index (χ1v) is 11.3. The molecule has 7 nitrogen and oxygen atoms in total. The van der Waals surface area contributed by atoms with E-state index in [0.29, 0.717) is 24.2 Å². The van der Waals surface area contributed by atoms with Gasteiger partial charge in [-0.25, -0.2) is 9.97 Å². The van der Waals surface area contributed by atoms with Crippen LogP contribution in [0.25, 0.3) is 11.1 Å². The van der Waals surface area contributed by atoms with E-state index in [0.717, 1.165) is 61.9 Å². The third-order valence-electron chi connectivity index (χ3n) is 6.26. The molecule has 2 aliphatic heterocycles. The van der Waals surface area contributed by atoms with Gasteiger partial charge >= 0.3 is 0 Å². The number of hydrogen-bond donors (Lipinski definition) is 1. The molecular weight excluding hydrogens is 412 g/mol. The van der Waals surface area contributed by atoms with E-state index in [1.807, 2.05) is 30.5 Å². The molecule has 0 aliphatic carbocycles. The third kappa shape index (κ3) is 4.12. The van der Waals surface area contributed by atoms with Gasteiger partial charge in [0, 0.05) is 60.1 Å². The van der Waals surface area contributed by atoms with E-state index in [9.17, 15) is 0 Å². The summed E-state index contributed by atoms with van der Waals surface area (Å²) in [7, 11) is 0. The molecule has 0 atom stereocenters. The highest BCUT2D eigenvalue weighted by molar-refractivity contribution is 6.33. The maximum Gasteiger partial charge on any atom is 0.227 e. The fourth-order valence-corrected chi connectivity index (χ4v) is 4.77. The summed E-state index contributed by atoms with van der Waals surface area (Å²) in [6.45, 7) is 6.99. The number of nitrogens with zero attached hydrogens (tertiary/aromatic N) is 5. The highest BCUT2D eigenvalue weighted by atomic mass is 35.5. The van der Waals surface area contributed by atoms with Crippen LogP contribution < -0.4 is 9.80 Å². The third-order valence-corrected chi connectivity index (χ3v) is 6.59. The number of piperidine rings is 1. The summed E-state index contributed by atoms with van der Waals surface area (Å²) in [4.78, 5) is 22.1. The smallest absolute Gasteiger partial charge is 0.227 e. The first-order chi connectivity index (χ1) is 15.2. The van der Waals surface area contributed by atoms with Gasteiger partial charge in [0.15, 0.2) is 0 Å². The lowest BCUT2D eigenvalue weighted by Crippen LogP contribution is -2.38. The first-order valence-electron chi connectivity index (χ1n) is 10.9. The molecule has 0 bridgehead atoms. The standard InChI is InChI=1S/C23H27ClN6O/c1-16-21(27-15-26-16)17-6-8-29(9-7-17)22-19(18-4-2-3-5-20(18)24)14-25-23(28-22)30-10-12-31-13-11-30/h2-5,14-15,17H,6-13H2,1H3,(H,26,27). The lowest BCUT2D eigenvalue weighted by molar-refractivity contribution is 0.122. The van der Waals surface area contributed by atoms with Crippen molar-refractivity contribution >= 4 is 23.4 Å². The molecule has 1 aromatic carbocycles. The van der Waals surface area contributed by atoms with Gasteiger partial charge in [-0.15, -0.1) is 0 Å². The zero-order valence-electron chi connectivity index (χ0n) is 17.7. The van der Waals surface area contributed by atoms with Crippen LogP contribution in [-0.2, 0) is 4.74 Å². The maximum atomic E-state index is 6.55. The fraction of sp³-hybridized carbons (Fsp3) is 0.435. The molecule has 0 amide bonds. The molecule has 2 aromatic heterocycles. The van der Waals surface area contributed by atoms with Crippen molar-refractivity contribution in [3.8, 4) is 11.1 Å². The van der Waals surface area contributed by atoms with Crippen molar-refractivity contribution in [1.82, 2.24) is 19.9 Å². The number of rotatable bonds is 4. The van der Waals surface area contributed by atoms with Crippen molar-refractivity contribution in [2.24, 2.45) is 0 Å². The highest BCUT2D eigenvalue weighted by Gasteiger charge is 2.27. The number of morpholine rings is 1. The Morgan fingerprint density at radius 3 is 2.48 bits per heavy atom. The van der Waals surface area contributed by atoms with Gasteiger partial charge in [0.1, 0.15) is 5.82 Å². The average Bonchev–Trinajstić information content (AvgIpc) is 3.26. The minimum Gasteiger partial charge on any atom is -0.378 e. The Hall–Kier alpha value is -2.64. The van der Waals surface area contributed by atoms with Crippen molar-refractivity contribution in [1.29, 1.82) is 0 Å². The van der Waals surface area contributed by atoms with Gasteiger partial charge in [0.05, 0.1) is 25.2 Å². The number of aromatic amines is 1. The number of hydrogen-bond acceptors (Lipinski definition) is 6. The molecule has 0 spiro atoms. The van der Waals surface area contributed by atoms with E-state index in [-0.39, 0.29) is 0 Å². The predicted molar refractivity (Wildman–Crippen MR) is 123 cm³/mol. The summed E-state index contributed by atoms with van der Waals surface area (Å²) < 4.78 is 5.50. The van der Waals surface area contributed by atoms with Gasteiger partial charge in [0.2, 0.25) is 5.95 Å². The number of benzene rings is 1. The quantitative estimate of drug-likeness (QED) is 0.662. The summed E-state index contributed by atoms with van der Waals surface area (Å²) in [5.41, 5.74) is 4.32. The van der Waals surface area contributed by atoms with Crippen LogP contribution in [0.1, 0.15) is 30.1 Å². The second kappa shape index (κ2) is 8.85. The Bertz CT molecular complexity index is 1040. The summed E-state index contributed by atoms with van der Waals surface area (Å²) in [5, 5.41) is 0.716. The number of halogens is 1. The zero-order valence-corrected chi connectivity index (χ0v) is 18.5. The number of H-pyrrole nitrogens is 1. The summed E-state index contributed by atoms with van der Waals surface area (Å²) in [5.74, 6) is 2.20. The van der Waals surface area contributed by atoms with Gasteiger partial charge in [-0.05, 0) is 25.8 Å². The molecule has 162 valence electrons. The van der Waals surface area contributed by atoms with Crippen LogP contribution >= 0.6 is 11.6 Å². The van der Waals surface area contributed by atoms with E-state index in [4.69, 9.17) is 26.3 Å². The fourth-order valence-electron chi connectivity index (χ4n) is 4.54. The molecule has 31 heavy (non-hydrogen) atoms. The van der Waals surface area contributed by atoms with Crippen molar-refractivity contribution in [2.75, 3.05) is 49.2 Å². The van der Waals surface area contributed by atoms with Gasteiger partial charge in [-0.3, -0.25) is 0 Å². The van der Waals surface area contributed by atoms with E-state index >= 15 is 0 Å². The molecule has 3 aromatic rings. The van der Waals surface area contributed by atoms with Gasteiger partial charge in [0.25, 0.3) is 0 Å². The lowest BCUT2D eigenvalue weighted by Gasteiger charge is -2.34. The normalized spacial score (nSPS) is 17.9. The topological polar surface area (TPSA) is 70.2 Å². The molecule has 1 N–H and O–H groups in total. The predicted octanol–water partition coefficient (Wildman–Crippen LogP) is 4.05. The van der Waals surface area contributed by atoms with Gasteiger partial charge in [-0.2, -0.15) is 4.98 Å². The Labute approximate surface area is 187 Å². The molecule has 0 saturated carbocycles. The Morgan fingerprint density at radius 2 is 1.77 bits per heavy atom. The largest absolute Gasteiger partial charge is 0.378 e. The van der Waals surface area contributed by atoms with Crippen molar-refractivity contribution in [2.45, 2.75) is 25.7 Å². The summed E-state index contributed by atoms with van der Waals surface area (Å²) >= 11 is 6.55. The van der Waals surface area contributed by atoms with Crippen molar-refractivity contribution in [3.63, 3.8) is 0 Å². The second-order valence-corrected chi connectivity index (χ2v) is 8.57. The highest BCUT2D eigenvalue weighted by Crippen LogP contribution is 2.37.